The Bertz CT molecular complexity index is 900. The molecule has 0 radical (unpaired) electrons. The fraction of sp³-hybridized carbons (Fsp3) is 0.125. The predicted molar refractivity (Wildman–Crippen MR) is 88.5 cm³/mol. The largest absolute Gasteiger partial charge is 0.332 e. The average Bonchev–Trinajstić information content (AvgIpc) is 2.49. The maximum absolute atomic E-state index is 12.5. The monoisotopic (exact) mass is 316 g/mol. The van der Waals surface area contributed by atoms with E-state index in [9.17, 15) is 4.79 Å². The zero-order chi connectivity index (χ0) is 14.8. The second-order valence-corrected chi connectivity index (χ2v) is 5.64. The Kier molecular flexibility index (Phi) is 3.90. The van der Waals surface area contributed by atoms with Crippen LogP contribution in [0, 0.1) is 4.77 Å². The topological polar surface area (TPSA) is 37.8 Å². The zero-order valence-electron chi connectivity index (χ0n) is 11.2. The lowest BCUT2D eigenvalue weighted by Gasteiger charge is -2.08. The van der Waals surface area contributed by atoms with Gasteiger partial charge in [0.15, 0.2) is 4.77 Å². The number of hydrogen-bond acceptors (Lipinski definition) is 2. The van der Waals surface area contributed by atoms with Gasteiger partial charge in [-0.25, -0.2) is 0 Å². The van der Waals surface area contributed by atoms with E-state index >= 15 is 0 Å². The smallest absolute Gasteiger partial charge is 0.262 e. The number of aromatic nitrogens is 2. The molecule has 0 saturated heterocycles. The Morgan fingerprint density at radius 1 is 1.14 bits per heavy atom. The van der Waals surface area contributed by atoms with Gasteiger partial charge in [-0.1, -0.05) is 41.9 Å². The molecule has 0 spiro atoms. The Hall–Kier alpha value is -1.91. The third-order valence-electron chi connectivity index (χ3n) is 3.41. The first-order valence-electron chi connectivity index (χ1n) is 6.61. The van der Waals surface area contributed by atoms with Crippen LogP contribution >= 0.6 is 23.8 Å². The summed E-state index contributed by atoms with van der Waals surface area (Å²) in [5.41, 5.74) is 1.78. The lowest BCUT2D eigenvalue weighted by Crippen LogP contribution is -2.23. The number of rotatable bonds is 3. The number of halogens is 1. The molecular formula is C16H13ClN2OS. The standard InChI is InChI=1S/C16H13ClN2OS/c17-12-6-7-14-13(10-12)15(20)19(16(21)18-14)9-8-11-4-2-1-3-5-11/h1-7,10H,8-9H2,(H,18,21). The number of aromatic amines is 1. The van der Waals surface area contributed by atoms with Crippen LogP contribution in [0.2, 0.25) is 5.02 Å². The van der Waals surface area contributed by atoms with E-state index in [0.717, 1.165) is 6.42 Å². The van der Waals surface area contributed by atoms with Gasteiger partial charge in [0, 0.05) is 11.6 Å². The molecule has 3 aromatic rings. The number of aryl methyl sites for hydroxylation is 1. The van der Waals surface area contributed by atoms with Crippen molar-refractivity contribution in [2.75, 3.05) is 0 Å². The van der Waals surface area contributed by atoms with Crippen molar-refractivity contribution >= 4 is 34.7 Å². The van der Waals surface area contributed by atoms with Crippen LogP contribution in [0.25, 0.3) is 10.9 Å². The van der Waals surface area contributed by atoms with Gasteiger partial charge in [-0.05, 0) is 42.4 Å². The minimum atomic E-state index is -0.104. The molecule has 0 aliphatic rings. The van der Waals surface area contributed by atoms with Gasteiger partial charge in [0.2, 0.25) is 0 Å². The molecular weight excluding hydrogens is 304 g/mol. The SMILES string of the molecule is O=c1c2cc(Cl)ccc2[nH]c(=S)n1CCc1ccccc1. The number of H-pyrrole nitrogens is 1. The van der Waals surface area contributed by atoms with E-state index in [1.54, 1.807) is 22.8 Å². The first-order valence-corrected chi connectivity index (χ1v) is 7.40. The predicted octanol–water partition coefficient (Wildman–Crippen LogP) is 3.96. The maximum atomic E-state index is 12.5. The summed E-state index contributed by atoms with van der Waals surface area (Å²) >= 11 is 11.3. The van der Waals surface area contributed by atoms with Gasteiger partial charge in [-0.15, -0.1) is 0 Å². The molecule has 21 heavy (non-hydrogen) atoms. The average molecular weight is 317 g/mol. The maximum Gasteiger partial charge on any atom is 0.262 e. The third-order valence-corrected chi connectivity index (χ3v) is 3.97. The quantitative estimate of drug-likeness (QED) is 0.743. The molecule has 0 saturated carbocycles. The van der Waals surface area contributed by atoms with E-state index < -0.39 is 0 Å². The molecule has 0 aliphatic carbocycles. The molecule has 3 nitrogen and oxygen atoms in total. The van der Waals surface area contributed by atoms with Crippen molar-refractivity contribution in [2.45, 2.75) is 13.0 Å². The van der Waals surface area contributed by atoms with Gasteiger partial charge in [0.1, 0.15) is 0 Å². The van der Waals surface area contributed by atoms with Gasteiger partial charge < -0.3 is 4.98 Å². The van der Waals surface area contributed by atoms with E-state index in [-0.39, 0.29) is 5.56 Å². The van der Waals surface area contributed by atoms with E-state index in [4.69, 9.17) is 23.8 Å². The lowest BCUT2D eigenvalue weighted by molar-refractivity contribution is 0.652. The summed E-state index contributed by atoms with van der Waals surface area (Å²) in [5.74, 6) is 0. The Labute approximate surface area is 131 Å². The van der Waals surface area contributed by atoms with Crippen molar-refractivity contribution in [3.05, 3.63) is 74.2 Å². The molecule has 0 amide bonds. The van der Waals surface area contributed by atoms with Crippen molar-refractivity contribution in [1.82, 2.24) is 9.55 Å². The summed E-state index contributed by atoms with van der Waals surface area (Å²) < 4.78 is 2.02. The highest BCUT2D eigenvalue weighted by Crippen LogP contribution is 2.14. The van der Waals surface area contributed by atoms with Crippen LogP contribution in [0.4, 0.5) is 0 Å². The summed E-state index contributed by atoms with van der Waals surface area (Å²) in [4.78, 5) is 15.6. The van der Waals surface area contributed by atoms with Crippen molar-refractivity contribution in [3.63, 3.8) is 0 Å². The molecule has 0 atom stereocenters. The second-order valence-electron chi connectivity index (χ2n) is 4.81. The van der Waals surface area contributed by atoms with Crippen molar-refractivity contribution in [3.8, 4) is 0 Å². The van der Waals surface area contributed by atoms with Crippen LogP contribution in [0.5, 0.6) is 0 Å². The van der Waals surface area contributed by atoms with Crippen LogP contribution in [0.15, 0.2) is 53.3 Å². The molecule has 0 unspecified atom stereocenters. The first kappa shape index (κ1) is 14.0. The fourth-order valence-electron chi connectivity index (χ4n) is 2.31. The normalized spacial score (nSPS) is 10.9. The summed E-state index contributed by atoms with van der Waals surface area (Å²) in [7, 11) is 0. The first-order chi connectivity index (χ1) is 10.1. The van der Waals surface area contributed by atoms with Crippen LogP contribution in [0.3, 0.4) is 0 Å². The molecule has 1 heterocycles. The molecule has 0 fully saturated rings. The highest BCUT2D eigenvalue weighted by Gasteiger charge is 2.06. The lowest BCUT2D eigenvalue weighted by atomic mass is 10.1. The Balaban J connectivity index is 2.02. The summed E-state index contributed by atoms with van der Waals surface area (Å²) in [6, 6.07) is 15.2. The molecule has 0 bridgehead atoms. The zero-order valence-corrected chi connectivity index (χ0v) is 12.7. The van der Waals surface area contributed by atoms with Crippen LogP contribution in [-0.2, 0) is 13.0 Å². The molecule has 5 heteroatoms. The number of fused-ring (bicyclic) bond motifs is 1. The van der Waals surface area contributed by atoms with Crippen LogP contribution in [0.1, 0.15) is 5.56 Å². The summed E-state index contributed by atoms with van der Waals surface area (Å²) in [6.45, 7) is 0.542. The Morgan fingerprint density at radius 3 is 2.67 bits per heavy atom. The van der Waals surface area contributed by atoms with Crippen molar-refractivity contribution in [2.24, 2.45) is 0 Å². The minimum absolute atomic E-state index is 0.104. The van der Waals surface area contributed by atoms with E-state index in [2.05, 4.69) is 4.98 Å². The van der Waals surface area contributed by atoms with E-state index in [1.807, 2.05) is 30.3 Å². The van der Waals surface area contributed by atoms with Gasteiger partial charge in [-0.3, -0.25) is 9.36 Å². The van der Waals surface area contributed by atoms with Crippen LogP contribution < -0.4 is 5.56 Å². The second kappa shape index (κ2) is 5.84. The molecule has 106 valence electrons. The summed E-state index contributed by atoms with van der Waals surface area (Å²) in [6.07, 6.45) is 0.754. The molecule has 1 aromatic heterocycles. The number of benzene rings is 2. The molecule has 1 N–H and O–H groups in total. The fourth-order valence-corrected chi connectivity index (χ4v) is 2.77. The highest BCUT2D eigenvalue weighted by molar-refractivity contribution is 7.71. The summed E-state index contributed by atoms with van der Waals surface area (Å²) in [5, 5.41) is 1.10. The third kappa shape index (κ3) is 2.91. The number of nitrogens with zero attached hydrogens (tertiary/aromatic N) is 1. The van der Waals surface area contributed by atoms with E-state index in [0.29, 0.717) is 27.2 Å². The Morgan fingerprint density at radius 2 is 1.90 bits per heavy atom. The molecule has 0 aliphatic heterocycles. The van der Waals surface area contributed by atoms with E-state index in [1.165, 1.54) is 5.56 Å². The molecule has 3 rings (SSSR count). The van der Waals surface area contributed by atoms with Gasteiger partial charge in [0.05, 0.1) is 10.9 Å². The van der Waals surface area contributed by atoms with Gasteiger partial charge in [-0.2, -0.15) is 0 Å². The highest BCUT2D eigenvalue weighted by atomic mass is 35.5. The minimum Gasteiger partial charge on any atom is -0.332 e. The number of nitrogens with one attached hydrogen (secondary N) is 1. The van der Waals surface area contributed by atoms with Crippen molar-refractivity contribution < 1.29 is 0 Å². The van der Waals surface area contributed by atoms with Crippen molar-refractivity contribution in [1.29, 1.82) is 0 Å². The number of hydrogen-bond donors (Lipinski definition) is 1. The molecule has 2 aromatic carbocycles. The van der Waals surface area contributed by atoms with Crippen LogP contribution in [-0.4, -0.2) is 9.55 Å². The van der Waals surface area contributed by atoms with Gasteiger partial charge >= 0.3 is 0 Å². The van der Waals surface area contributed by atoms with Gasteiger partial charge in [0.25, 0.3) is 5.56 Å².